The van der Waals surface area contributed by atoms with Gasteiger partial charge in [0.15, 0.2) is 0 Å². The van der Waals surface area contributed by atoms with Crippen LogP contribution in [0.3, 0.4) is 0 Å². The zero-order valence-electron chi connectivity index (χ0n) is 22.0. The first-order valence-electron chi connectivity index (χ1n) is 12.1. The van der Waals surface area contributed by atoms with Gasteiger partial charge in [-0.3, -0.25) is 13.9 Å². The van der Waals surface area contributed by atoms with Crippen LogP contribution in [0.1, 0.15) is 33.3 Å². The van der Waals surface area contributed by atoms with E-state index in [4.69, 9.17) is 34.8 Å². The highest BCUT2D eigenvalue weighted by Crippen LogP contribution is 2.27. The van der Waals surface area contributed by atoms with Crippen LogP contribution in [0.5, 0.6) is 0 Å². The quantitative estimate of drug-likeness (QED) is 0.314. The number of nitrogens with zero attached hydrogens (tertiary/aromatic N) is 2. The van der Waals surface area contributed by atoms with Gasteiger partial charge in [0.25, 0.3) is 10.0 Å². The van der Waals surface area contributed by atoms with Crippen LogP contribution < -0.4 is 9.62 Å². The van der Waals surface area contributed by atoms with Crippen molar-refractivity contribution in [3.8, 4) is 0 Å². The molecule has 1 atom stereocenters. The Morgan fingerprint density at radius 2 is 1.51 bits per heavy atom. The maximum Gasteiger partial charge on any atom is 0.264 e. The molecule has 0 aliphatic heterocycles. The Bertz CT molecular complexity index is 1430. The van der Waals surface area contributed by atoms with Gasteiger partial charge < -0.3 is 10.2 Å². The van der Waals surface area contributed by atoms with Gasteiger partial charge in [0.05, 0.1) is 20.6 Å². The third-order valence-electron chi connectivity index (χ3n) is 5.73. The first kappa shape index (κ1) is 30.8. The van der Waals surface area contributed by atoms with Crippen LogP contribution in [0.25, 0.3) is 0 Å². The molecule has 11 heteroatoms. The van der Waals surface area contributed by atoms with E-state index >= 15 is 0 Å². The van der Waals surface area contributed by atoms with Gasteiger partial charge >= 0.3 is 0 Å². The van der Waals surface area contributed by atoms with Crippen LogP contribution in [0, 0.1) is 0 Å². The molecule has 0 radical (unpaired) electrons. The molecular formula is C28H30Cl3N3O4S. The van der Waals surface area contributed by atoms with Crippen LogP contribution in [0.4, 0.5) is 5.69 Å². The molecule has 0 aliphatic rings. The number of carbonyl (C=O) groups excluding carboxylic acids is 2. The lowest BCUT2D eigenvalue weighted by molar-refractivity contribution is -0.140. The van der Waals surface area contributed by atoms with Crippen molar-refractivity contribution in [3.05, 3.63) is 93.4 Å². The number of nitrogens with one attached hydrogen (secondary N) is 1. The van der Waals surface area contributed by atoms with Gasteiger partial charge in [0, 0.05) is 17.1 Å². The molecule has 7 nitrogen and oxygen atoms in total. The molecule has 2 amide bonds. The van der Waals surface area contributed by atoms with Gasteiger partial charge in [0.1, 0.15) is 12.6 Å². The van der Waals surface area contributed by atoms with Gasteiger partial charge in [-0.05, 0) is 81.8 Å². The van der Waals surface area contributed by atoms with Gasteiger partial charge in [0.2, 0.25) is 11.8 Å². The predicted molar refractivity (Wildman–Crippen MR) is 157 cm³/mol. The van der Waals surface area contributed by atoms with Crippen LogP contribution in [0.15, 0.2) is 77.7 Å². The number of carbonyl (C=O) groups is 2. The molecule has 0 aliphatic carbocycles. The first-order valence-corrected chi connectivity index (χ1v) is 14.7. The number of sulfonamides is 1. The summed E-state index contributed by atoms with van der Waals surface area (Å²) in [7, 11) is -4.17. The number of halogens is 3. The van der Waals surface area contributed by atoms with Gasteiger partial charge in [-0.1, -0.05) is 59.1 Å². The topological polar surface area (TPSA) is 86.8 Å². The van der Waals surface area contributed by atoms with Crippen molar-refractivity contribution in [2.24, 2.45) is 0 Å². The third kappa shape index (κ3) is 8.11. The van der Waals surface area contributed by atoms with E-state index in [-0.39, 0.29) is 17.3 Å². The summed E-state index contributed by atoms with van der Waals surface area (Å²) in [5.74, 6) is -0.971. The molecule has 1 N–H and O–H groups in total. The largest absolute Gasteiger partial charge is 0.350 e. The second-order valence-electron chi connectivity index (χ2n) is 9.99. The molecule has 3 rings (SSSR count). The van der Waals surface area contributed by atoms with E-state index in [9.17, 15) is 18.0 Å². The fourth-order valence-corrected chi connectivity index (χ4v) is 5.61. The first-order chi connectivity index (χ1) is 18.2. The number of hydrogen-bond donors (Lipinski definition) is 1. The molecule has 0 bridgehead atoms. The van der Waals surface area contributed by atoms with Crippen molar-refractivity contribution in [2.45, 2.75) is 50.7 Å². The molecular weight excluding hydrogens is 581 g/mol. The summed E-state index contributed by atoms with van der Waals surface area (Å²) in [5, 5.41) is 3.90. The molecule has 0 spiro atoms. The number of para-hydroxylation sites is 1. The summed E-state index contributed by atoms with van der Waals surface area (Å²) in [4.78, 5) is 28.3. The molecule has 0 heterocycles. The Morgan fingerprint density at radius 3 is 2.08 bits per heavy atom. The Balaban J connectivity index is 2.02. The average Bonchev–Trinajstić information content (AvgIpc) is 2.87. The molecule has 208 valence electrons. The molecule has 0 unspecified atom stereocenters. The smallest absolute Gasteiger partial charge is 0.264 e. The lowest BCUT2D eigenvalue weighted by atomic mass is 10.1. The molecule has 3 aromatic rings. The Labute approximate surface area is 244 Å². The van der Waals surface area contributed by atoms with Gasteiger partial charge in [-0.2, -0.15) is 0 Å². The normalized spacial score (nSPS) is 12.5. The van der Waals surface area contributed by atoms with Crippen LogP contribution in [-0.4, -0.2) is 43.3 Å². The second-order valence-corrected chi connectivity index (χ2v) is 13.1. The number of anilines is 1. The van der Waals surface area contributed by atoms with E-state index in [0.717, 1.165) is 4.31 Å². The monoisotopic (exact) mass is 609 g/mol. The molecule has 3 aromatic carbocycles. The molecule has 0 fully saturated rings. The number of rotatable bonds is 9. The Hall–Kier alpha value is -2.78. The summed E-state index contributed by atoms with van der Waals surface area (Å²) >= 11 is 18.2. The minimum absolute atomic E-state index is 0.00191. The maximum atomic E-state index is 13.9. The molecule has 0 saturated heterocycles. The Kier molecular flexibility index (Phi) is 9.93. The van der Waals surface area contributed by atoms with Crippen LogP contribution >= 0.6 is 34.8 Å². The van der Waals surface area contributed by atoms with Crippen molar-refractivity contribution < 1.29 is 18.0 Å². The van der Waals surface area contributed by atoms with E-state index in [0.29, 0.717) is 26.3 Å². The molecule has 39 heavy (non-hydrogen) atoms. The highest BCUT2D eigenvalue weighted by molar-refractivity contribution is 7.92. The lowest BCUT2D eigenvalue weighted by Gasteiger charge is -2.33. The average molecular weight is 611 g/mol. The standard InChI is InChI=1S/C28H30Cl3N3O4S/c1-19(27(36)32-28(2,3)4)33(17-20-10-15-24(30)25(31)16-20)26(35)18-34(22-8-6-5-7-9-22)39(37,38)23-13-11-21(29)12-14-23/h5-16,19H,17-18H2,1-4H3,(H,32,36)/t19-/m1/s1. The summed E-state index contributed by atoms with van der Waals surface area (Å²) in [6.45, 7) is 6.54. The maximum absolute atomic E-state index is 13.9. The minimum Gasteiger partial charge on any atom is -0.350 e. The second kappa shape index (κ2) is 12.6. The highest BCUT2D eigenvalue weighted by atomic mass is 35.5. The van der Waals surface area contributed by atoms with Crippen molar-refractivity contribution in [1.29, 1.82) is 0 Å². The van der Waals surface area contributed by atoms with E-state index in [1.54, 1.807) is 55.5 Å². The Morgan fingerprint density at radius 1 is 0.897 bits per heavy atom. The number of amides is 2. The third-order valence-corrected chi connectivity index (χ3v) is 8.51. The van der Waals surface area contributed by atoms with Crippen LogP contribution in [0.2, 0.25) is 15.1 Å². The van der Waals surface area contributed by atoms with Crippen LogP contribution in [-0.2, 0) is 26.2 Å². The molecule has 0 saturated carbocycles. The number of benzene rings is 3. The van der Waals surface area contributed by atoms with Crippen molar-refractivity contribution in [1.82, 2.24) is 10.2 Å². The predicted octanol–water partition coefficient (Wildman–Crippen LogP) is 6.17. The van der Waals surface area contributed by atoms with Crippen molar-refractivity contribution in [3.63, 3.8) is 0 Å². The zero-order valence-corrected chi connectivity index (χ0v) is 25.1. The summed E-state index contributed by atoms with van der Waals surface area (Å²) < 4.78 is 28.5. The highest BCUT2D eigenvalue weighted by Gasteiger charge is 2.33. The summed E-state index contributed by atoms with van der Waals surface area (Å²) in [5.41, 5.74) is 0.375. The fraction of sp³-hybridized carbons (Fsp3) is 0.286. The van der Waals surface area contributed by atoms with E-state index in [1.165, 1.54) is 29.2 Å². The minimum atomic E-state index is -4.17. The zero-order chi connectivity index (χ0) is 29.0. The van der Waals surface area contributed by atoms with Gasteiger partial charge in [-0.25, -0.2) is 8.42 Å². The fourth-order valence-electron chi connectivity index (χ4n) is 3.75. The summed E-state index contributed by atoms with van der Waals surface area (Å²) in [6.07, 6.45) is 0. The lowest BCUT2D eigenvalue weighted by Crippen LogP contribution is -2.54. The van der Waals surface area contributed by atoms with Crippen molar-refractivity contribution >= 4 is 62.3 Å². The van der Waals surface area contributed by atoms with Crippen molar-refractivity contribution in [2.75, 3.05) is 10.8 Å². The van der Waals surface area contributed by atoms with E-state index in [1.807, 2.05) is 20.8 Å². The molecule has 0 aromatic heterocycles. The van der Waals surface area contributed by atoms with E-state index in [2.05, 4.69) is 5.32 Å². The number of hydrogen-bond acceptors (Lipinski definition) is 4. The van der Waals surface area contributed by atoms with E-state index < -0.39 is 34.1 Å². The summed E-state index contributed by atoms with van der Waals surface area (Å²) in [6, 6.07) is 18.0. The SMILES string of the molecule is C[C@H](C(=O)NC(C)(C)C)N(Cc1ccc(Cl)c(Cl)c1)C(=O)CN(c1ccccc1)S(=O)(=O)c1ccc(Cl)cc1. The van der Waals surface area contributed by atoms with Gasteiger partial charge in [-0.15, -0.1) is 0 Å².